The zero-order valence-electron chi connectivity index (χ0n) is 18.9. The van der Waals surface area contributed by atoms with E-state index in [1.54, 1.807) is 0 Å². The lowest BCUT2D eigenvalue weighted by molar-refractivity contribution is -0.121. The Bertz CT molecular complexity index is 1210. The number of fused-ring (bicyclic) bond motifs is 1. The Hall–Kier alpha value is -3.51. The molecule has 3 heterocycles. The van der Waals surface area contributed by atoms with Crippen LogP contribution in [-0.2, 0) is 17.8 Å². The summed E-state index contributed by atoms with van der Waals surface area (Å²) in [5, 5.41) is 4.33. The van der Waals surface area contributed by atoms with Crippen molar-refractivity contribution in [2.75, 3.05) is 18.4 Å². The third-order valence-electron chi connectivity index (χ3n) is 6.33. The van der Waals surface area contributed by atoms with Gasteiger partial charge in [0, 0.05) is 65.3 Å². The van der Waals surface area contributed by atoms with Crippen molar-refractivity contribution in [2.45, 2.75) is 32.7 Å². The van der Waals surface area contributed by atoms with E-state index < -0.39 is 0 Å². The van der Waals surface area contributed by atoms with E-state index in [9.17, 15) is 4.79 Å². The zero-order chi connectivity index (χ0) is 22.6. The summed E-state index contributed by atoms with van der Waals surface area (Å²) in [5.74, 6) is 0.932. The highest BCUT2D eigenvalue weighted by molar-refractivity contribution is 5.94. The van der Waals surface area contributed by atoms with Gasteiger partial charge in [0.15, 0.2) is 0 Å². The summed E-state index contributed by atoms with van der Waals surface area (Å²) in [7, 11) is 0. The molecule has 168 valence electrons. The highest BCUT2D eigenvalue weighted by atomic mass is 16.1. The van der Waals surface area contributed by atoms with Crippen LogP contribution in [0.15, 0.2) is 67.0 Å². The molecule has 0 saturated carbocycles. The number of likely N-dealkylation sites (tertiary alicyclic amines) is 1. The minimum atomic E-state index is -0.0219. The molecule has 1 saturated heterocycles. The first-order valence-corrected chi connectivity index (χ1v) is 11.7. The normalized spacial score (nSPS) is 16.7. The number of hydrogen-bond acceptors (Lipinski definition) is 4. The first kappa shape index (κ1) is 21.3. The summed E-state index contributed by atoms with van der Waals surface area (Å²) in [6.45, 7) is 4.58. The van der Waals surface area contributed by atoms with Gasteiger partial charge in [-0.1, -0.05) is 37.3 Å². The number of hydrogen-bond donors (Lipinski definition) is 2. The van der Waals surface area contributed by atoms with E-state index >= 15 is 0 Å². The fraction of sp³-hybridized carbons (Fsp3) is 0.296. The average molecular weight is 440 g/mol. The molecule has 4 aromatic rings. The molecule has 1 aliphatic heterocycles. The maximum Gasteiger partial charge on any atom is 0.228 e. The number of rotatable bonds is 6. The van der Waals surface area contributed by atoms with Crippen LogP contribution in [0.1, 0.15) is 31.2 Å². The minimum absolute atomic E-state index is 0.0219. The number of anilines is 1. The number of aryl methyl sites for hydroxylation is 1. The molecular formula is C27H29N5O. The fourth-order valence-corrected chi connectivity index (χ4v) is 4.55. The van der Waals surface area contributed by atoms with Crippen LogP contribution in [0.2, 0.25) is 0 Å². The van der Waals surface area contributed by atoms with Crippen LogP contribution in [0, 0.1) is 5.92 Å². The predicted octanol–water partition coefficient (Wildman–Crippen LogP) is 5.04. The van der Waals surface area contributed by atoms with Crippen LogP contribution >= 0.6 is 0 Å². The van der Waals surface area contributed by atoms with Gasteiger partial charge in [0.2, 0.25) is 5.91 Å². The van der Waals surface area contributed by atoms with Gasteiger partial charge in [-0.15, -0.1) is 0 Å². The number of para-hydroxylation sites is 1. The number of nitrogens with zero attached hydrogens (tertiary/aromatic N) is 3. The SMILES string of the molecule is CCc1ncc(CN2CCC[C@H](C(=O)Nc3cccc(-c4cc5ccccc5[nH]4)c3)C2)cn1. The van der Waals surface area contributed by atoms with E-state index in [4.69, 9.17) is 0 Å². The lowest BCUT2D eigenvalue weighted by Crippen LogP contribution is -2.40. The molecule has 0 aliphatic carbocycles. The van der Waals surface area contributed by atoms with E-state index in [1.807, 2.05) is 42.7 Å². The van der Waals surface area contributed by atoms with Crippen LogP contribution in [-0.4, -0.2) is 38.8 Å². The Morgan fingerprint density at radius 2 is 1.97 bits per heavy atom. The number of amides is 1. The van der Waals surface area contributed by atoms with Crippen LogP contribution < -0.4 is 5.32 Å². The second-order valence-electron chi connectivity index (χ2n) is 8.78. The third kappa shape index (κ3) is 4.96. The number of nitrogens with one attached hydrogen (secondary N) is 2. The fourth-order valence-electron chi connectivity index (χ4n) is 4.55. The molecule has 6 nitrogen and oxygen atoms in total. The first-order valence-electron chi connectivity index (χ1n) is 11.7. The Morgan fingerprint density at radius 1 is 1.12 bits per heavy atom. The Morgan fingerprint density at radius 3 is 2.79 bits per heavy atom. The summed E-state index contributed by atoms with van der Waals surface area (Å²) in [6.07, 6.45) is 6.58. The molecule has 0 spiro atoms. The molecule has 0 unspecified atom stereocenters. The monoisotopic (exact) mass is 439 g/mol. The van der Waals surface area contributed by atoms with Crippen LogP contribution in [0.25, 0.3) is 22.2 Å². The van der Waals surface area contributed by atoms with E-state index in [-0.39, 0.29) is 11.8 Å². The quantitative estimate of drug-likeness (QED) is 0.442. The molecule has 6 heteroatoms. The molecule has 1 fully saturated rings. The van der Waals surface area contributed by atoms with Gasteiger partial charge in [-0.2, -0.15) is 0 Å². The molecule has 1 amide bonds. The second kappa shape index (κ2) is 9.55. The van der Waals surface area contributed by atoms with Gasteiger partial charge >= 0.3 is 0 Å². The lowest BCUT2D eigenvalue weighted by atomic mass is 9.96. The highest BCUT2D eigenvalue weighted by Crippen LogP contribution is 2.27. The number of benzene rings is 2. The number of carbonyl (C=O) groups is 1. The number of H-pyrrole nitrogens is 1. The number of carbonyl (C=O) groups excluding carboxylic acids is 1. The van der Waals surface area contributed by atoms with Gasteiger partial charge in [-0.05, 0) is 43.7 Å². The van der Waals surface area contributed by atoms with Crippen molar-refractivity contribution < 1.29 is 4.79 Å². The summed E-state index contributed by atoms with van der Waals surface area (Å²) < 4.78 is 0. The van der Waals surface area contributed by atoms with Crippen LogP contribution in [0.5, 0.6) is 0 Å². The molecule has 0 bridgehead atoms. The van der Waals surface area contributed by atoms with Crippen molar-refractivity contribution in [3.63, 3.8) is 0 Å². The maximum atomic E-state index is 13.1. The largest absolute Gasteiger partial charge is 0.355 e. The van der Waals surface area contributed by atoms with Crippen LogP contribution in [0.3, 0.4) is 0 Å². The standard InChI is InChI=1S/C27H29N5O/c1-2-26-28-15-19(16-29-26)17-32-12-6-9-22(18-32)27(33)30-23-10-5-8-20(13-23)25-14-21-7-3-4-11-24(21)31-25/h3-5,7-8,10-11,13-16,22,31H,2,6,9,12,17-18H2,1H3,(H,30,33)/t22-/m0/s1. The maximum absolute atomic E-state index is 13.1. The molecule has 0 radical (unpaired) electrons. The van der Waals surface area contributed by atoms with Crippen molar-refractivity contribution in [2.24, 2.45) is 5.92 Å². The summed E-state index contributed by atoms with van der Waals surface area (Å²) in [6, 6.07) is 18.4. The van der Waals surface area contributed by atoms with Gasteiger partial charge in [-0.25, -0.2) is 9.97 Å². The highest BCUT2D eigenvalue weighted by Gasteiger charge is 2.26. The summed E-state index contributed by atoms with van der Waals surface area (Å²) in [4.78, 5) is 27.7. The molecule has 1 aliphatic rings. The number of piperidine rings is 1. The summed E-state index contributed by atoms with van der Waals surface area (Å²) >= 11 is 0. The molecule has 5 rings (SSSR count). The smallest absolute Gasteiger partial charge is 0.228 e. The Balaban J connectivity index is 1.23. The Labute approximate surface area is 194 Å². The Kier molecular flexibility index (Phi) is 6.17. The molecular weight excluding hydrogens is 410 g/mol. The average Bonchev–Trinajstić information content (AvgIpc) is 3.29. The lowest BCUT2D eigenvalue weighted by Gasteiger charge is -2.31. The molecule has 2 N–H and O–H groups in total. The van der Waals surface area contributed by atoms with Gasteiger partial charge in [0.1, 0.15) is 5.82 Å². The topological polar surface area (TPSA) is 73.9 Å². The molecule has 2 aromatic heterocycles. The minimum Gasteiger partial charge on any atom is -0.355 e. The predicted molar refractivity (Wildman–Crippen MR) is 132 cm³/mol. The van der Waals surface area contributed by atoms with Gasteiger partial charge < -0.3 is 10.3 Å². The van der Waals surface area contributed by atoms with Gasteiger partial charge in [0.05, 0.1) is 5.92 Å². The van der Waals surface area contributed by atoms with Crippen molar-refractivity contribution in [1.82, 2.24) is 19.9 Å². The van der Waals surface area contributed by atoms with E-state index in [0.717, 1.165) is 72.7 Å². The van der Waals surface area contributed by atoms with Crippen molar-refractivity contribution in [1.29, 1.82) is 0 Å². The van der Waals surface area contributed by atoms with Gasteiger partial charge in [0.25, 0.3) is 0 Å². The van der Waals surface area contributed by atoms with Crippen molar-refractivity contribution in [3.05, 3.63) is 78.4 Å². The van der Waals surface area contributed by atoms with E-state index in [2.05, 4.69) is 56.4 Å². The summed E-state index contributed by atoms with van der Waals surface area (Å²) in [5.41, 5.74) is 5.15. The number of aromatic nitrogens is 3. The number of aromatic amines is 1. The van der Waals surface area contributed by atoms with E-state index in [1.165, 1.54) is 5.39 Å². The van der Waals surface area contributed by atoms with Crippen molar-refractivity contribution in [3.8, 4) is 11.3 Å². The van der Waals surface area contributed by atoms with Crippen molar-refractivity contribution >= 4 is 22.5 Å². The molecule has 2 aromatic carbocycles. The molecule has 1 atom stereocenters. The van der Waals surface area contributed by atoms with Gasteiger partial charge in [-0.3, -0.25) is 9.69 Å². The van der Waals surface area contributed by atoms with Crippen LogP contribution in [0.4, 0.5) is 5.69 Å². The second-order valence-corrected chi connectivity index (χ2v) is 8.78. The molecule has 33 heavy (non-hydrogen) atoms. The first-order chi connectivity index (χ1) is 16.2. The zero-order valence-corrected chi connectivity index (χ0v) is 18.9. The van der Waals surface area contributed by atoms with E-state index in [0.29, 0.717) is 0 Å². The third-order valence-corrected chi connectivity index (χ3v) is 6.33.